The quantitative estimate of drug-likeness (QED) is 0.809. The minimum Gasteiger partial charge on any atom is -0.373 e. The van der Waals surface area contributed by atoms with E-state index in [4.69, 9.17) is 10.5 Å². The fraction of sp³-hybridized carbons (Fsp3) is 0.636. The molecule has 1 fully saturated rings. The fourth-order valence-corrected chi connectivity index (χ4v) is 1.79. The standard InChI is InChI=1S/C11H17N3O/c12-5-4-11-13-7-9(8-14-11)10-3-1-2-6-15-10/h7-8,10H,1-6,12H2. The van der Waals surface area contributed by atoms with Crippen molar-refractivity contribution in [2.75, 3.05) is 13.2 Å². The van der Waals surface area contributed by atoms with Gasteiger partial charge in [-0.05, 0) is 25.8 Å². The van der Waals surface area contributed by atoms with Crippen LogP contribution in [0.3, 0.4) is 0 Å². The van der Waals surface area contributed by atoms with E-state index in [-0.39, 0.29) is 6.10 Å². The molecule has 1 aliphatic rings. The zero-order chi connectivity index (χ0) is 10.5. The molecule has 4 nitrogen and oxygen atoms in total. The molecule has 1 aliphatic heterocycles. The van der Waals surface area contributed by atoms with E-state index in [1.165, 1.54) is 12.8 Å². The summed E-state index contributed by atoms with van der Waals surface area (Å²) in [4.78, 5) is 8.55. The third-order valence-electron chi connectivity index (χ3n) is 2.64. The molecule has 0 saturated carbocycles. The van der Waals surface area contributed by atoms with Crippen LogP contribution in [0.5, 0.6) is 0 Å². The summed E-state index contributed by atoms with van der Waals surface area (Å²) in [5, 5.41) is 0. The Morgan fingerprint density at radius 2 is 2.13 bits per heavy atom. The molecule has 1 aromatic rings. The van der Waals surface area contributed by atoms with Gasteiger partial charge < -0.3 is 10.5 Å². The first kappa shape index (κ1) is 10.5. The topological polar surface area (TPSA) is 61.0 Å². The molecule has 0 radical (unpaired) electrons. The summed E-state index contributed by atoms with van der Waals surface area (Å²) in [6.07, 6.45) is 8.16. The van der Waals surface area contributed by atoms with E-state index in [1.807, 2.05) is 12.4 Å². The average molecular weight is 207 g/mol. The summed E-state index contributed by atoms with van der Waals surface area (Å²) in [6.45, 7) is 1.45. The summed E-state index contributed by atoms with van der Waals surface area (Å²) in [5.74, 6) is 0.817. The first-order valence-corrected chi connectivity index (χ1v) is 5.52. The Labute approximate surface area is 89.9 Å². The molecule has 2 N–H and O–H groups in total. The van der Waals surface area contributed by atoms with E-state index in [0.717, 1.165) is 30.8 Å². The lowest BCUT2D eigenvalue weighted by atomic mass is 10.0. The minimum absolute atomic E-state index is 0.200. The second-order valence-corrected chi connectivity index (χ2v) is 3.83. The molecular formula is C11H17N3O. The maximum Gasteiger partial charge on any atom is 0.129 e. The molecule has 0 amide bonds. The van der Waals surface area contributed by atoms with Gasteiger partial charge in [0.25, 0.3) is 0 Å². The van der Waals surface area contributed by atoms with Crippen LogP contribution in [0, 0.1) is 0 Å². The van der Waals surface area contributed by atoms with Gasteiger partial charge in [-0.15, -0.1) is 0 Å². The molecular weight excluding hydrogens is 190 g/mol. The molecule has 2 heterocycles. The smallest absolute Gasteiger partial charge is 0.129 e. The monoisotopic (exact) mass is 207 g/mol. The van der Waals surface area contributed by atoms with E-state index in [2.05, 4.69) is 9.97 Å². The van der Waals surface area contributed by atoms with Gasteiger partial charge in [-0.1, -0.05) is 0 Å². The van der Waals surface area contributed by atoms with Crippen LogP contribution in [0.4, 0.5) is 0 Å². The van der Waals surface area contributed by atoms with Gasteiger partial charge in [0.1, 0.15) is 5.82 Å². The van der Waals surface area contributed by atoms with Crippen LogP contribution in [0.25, 0.3) is 0 Å². The Bertz CT molecular complexity index is 293. The zero-order valence-corrected chi connectivity index (χ0v) is 8.85. The predicted molar refractivity (Wildman–Crippen MR) is 57.3 cm³/mol. The van der Waals surface area contributed by atoms with Crippen LogP contribution in [-0.4, -0.2) is 23.1 Å². The van der Waals surface area contributed by atoms with Gasteiger partial charge in [0, 0.05) is 31.0 Å². The summed E-state index contributed by atoms with van der Waals surface area (Å²) < 4.78 is 5.66. The maximum absolute atomic E-state index is 5.66. The minimum atomic E-state index is 0.200. The van der Waals surface area contributed by atoms with Gasteiger partial charge in [0.05, 0.1) is 6.10 Å². The van der Waals surface area contributed by atoms with Gasteiger partial charge in [-0.25, -0.2) is 9.97 Å². The number of hydrogen-bond acceptors (Lipinski definition) is 4. The van der Waals surface area contributed by atoms with Gasteiger partial charge in [0.2, 0.25) is 0 Å². The fourth-order valence-electron chi connectivity index (χ4n) is 1.79. The highest BCUT2D eigenvalue weighted by atomic mass is 16.5. The molecule has 1 saturated heterocycles. The first-order chi connectivity index (χ1) is 7.40. The molecule has 1 unspecified atom stereocenters. The van der Waals surface area contributed by atoms with Crippen LogP contribution >= 0.6 is 0 Å². The lowest BCUT2D eigenvalue weighted by Gasteiger charge is -2.22. The van der Waals surface area contributed by atoms with Crippen LogP contribution in [0.2, 0.25) is 0 Å². The van der Waals surface area contributed by atoms with Crippen LogP contribution in [0.1, 0.15) is 36.8 Å². The SMILES string of the molecule is NCCc1ncc(C2CCCCO2)cn1. The molecule has 15 heavy (non-hydrogen) atoms. The van der Waals surface area contributed by atoms with Gasteiger partial charge in [0.15, 0.2) is 0 Å². The van der Waals surface area contributed by atoms with Gasteiger partial charge >= 0.3 is 0 Å². The van der Waals surface area contributed by atoms with Crippen molar-refractivity contribution in [1.82, 2.24) is 9.97 Å². The Hall–Kier alpha value is -1.00. The summed E-state index contributed by atoms with van der Waals surface area (Å²) in [7, 11) is 0. The van der Waals surface area contributed by atoms with Crippen molar-refractivity contribution in [2.45, 2.75) is 31.8 Å². The molecule has 1 atom stereocenters. The van der Waals surface area contributed by atoms with Crippen molar-refractivity contribution >= 4 is 0 Å². The normalized spacial score (nSPS) is 21.5. The largest absolute Gasteiger partial charge is 0.373 e. The second kappa shape index (κ2) is 5.19. The highest BCUT2D eigenvalue weighted by molar-refractivity contribution is 5.09. The Morgan fingerprint density at radius 1 is 1.33 bits per heavy atom. The summed E-state index contributed by atoms with van der Waals surface area (Å²) >= 11 is 0. The maximum atomic E-state index is 5.66. The van der Waals surface area contributed by atoms with Crippen molar-refractivity contribution in [2.24, 2.45) is 5.73 Å². The molecule has 0 aliphatic carbocycles. The molecule has 4 heteroatoms. The Balaban J connectivity index is 2.02. The number of rotatable bonds is 3. The second-order valence-electron chi connectivity index (χ2n) is 3.83. The molecule has 1 aromatic heterocycles. The van der Waals surface area contributed by atoms with Crippen LogP contribution in [0.15, 0.2) is 12.4 Å². The van der Waals surface area contributed by atoms with E-state index >= 15 is 0 Å². The third kappa shape index (κ3) is 2.73. The highest BCUT2D eigenvalue weighted by Gasteiger charge is 2.16. The summed E-state index contributed by atoms with van der Waals surface area (Å²) in [6, 6.07) is 0. The third-order valence-corrected chi connectivity index (χ3v) is 2.64. The number of nitrogens with two attached hydrogens (primary N) is 1. The average Bonchev–Trinajstić information content (AvgIpc) is 2.32. The van der Waals surface area contributed by atoms with Crippen molar-refractivity contribution in [1.29, 1.82) is 0 Å². The van der Waals surface area contributed by atoms with E-state index in [0.29, 0.717) is 6.54 Å². The van der Waals surface area contributed by atoms with Crippen LogP contribution < -0.4 is 5.73 Å². The lowest BCUT2D eigenvalue weighted by Crippen LogP contribution is -2.13. The van der Waals surface area contributed by atoms with Crippen molar-refractivity contribution in [3.8, 4) is 0 Å². The zero-order valence-electron chi connectivity index (χ0n) is 8.85. The highest BCUT2D eigenvalue weighted by Crippen LogP contribution is 2.26. The van der Waals surface area contributed by atoms with Crippen LogP contribution in [-0.2, 0) is 11.2 Å². The Morgan fingerprint density at radius 3 is 2.73 bits per heavy atom. The molecule has 0 spiro atoms. The van der Waals surface area contributed by atoms with E-state index < -0.39 is 0 Å². The van der Waals surface area contributed by atoms with Crippen molar-refractivity contribution in [3.05, 3.63) is 23.8 Å². The number of aromatic nitrogens is 2. The van der Waals surface area contributed by atoms with E-state index in [1.54, 1.807) is 0 Å². The number of nitrogens with zero attached hydrogens (tertiary/aromatic N) is 2. The molecule has 2 rings (SSSR count). The Kier molecular flexibility index (Phi) is 3.64. The first-order valence-electron chi connectivity index (χ1n) is 5.52. The van der Waals surface area contributed by atoms with Crippen molar-refractivity contribution in [3.63, 3.8) is 0 Å². The van der Waals surface area contributed by atoms with Gasteiger partial charge in [-0.3, -0.25) is 0 Å². The molecule has 0 bridgehead atoms. The molecule has 82 valence electrons. The summed E-state index contributed by atoms with van der Waals surface area (Å²) in [5.41, 5.74) is 6.53. The lowest BCUT2D eigenvalue weighted by molar-refractivity contribution is 0.0145. The van der Waals surface area contributed by atoms with Crippen molar-refractivity contribution < 1.29 is 4.74 Å². The number of ether oxygens (including phenoxy) is 1. The molecule has 0 aromatic carbocycles. The predicted octanol–water partition coefficient (Wildman–Crippen LogP) is 1.22. The van der Waals surface area contributed by atoms with Gasteiger partial charge in [-0.2, -0.15) is 0 Å². The number of hydrogen-bond donors (Lipinski definition) is 1. The van der Waals surface area contributed by atoms with E-state index in [9.17, 15) is 0 Å².